The Balaban J connectivity index is 1.31. The summed E-state index contributed by atoms with van der Waals surface area (Å²) < 4.78 is 2.09. The number of anilines is 1. The van der Waals surface area contributed by atoms with Gasteiger partial charge in [-0.05, 0) is 42.4 Å². The summed E-state index contributed by atoms with van der Waals surface area (Å²) in [5.74, 6) is 1.02. The minimum absolute atomic E-state index is 0.0482. The smallest absolute Gasteiger partial charge is 0.165 e. The normalized spacial score (nSPS) is 19.6. The summed E-state index contributed by atoms with van der Waals surface area (Å²) in [5, 5.41) is 0.993. The monoisotopic (exact) mass is 464 g/mol. The number of imidazole rings is 1. The molecule has 0 bridgehead atoms. The van der Waals surface area contributed by atoms with Crippen LogP contribution in [0.25, 0.3) is 16.9 Å². The minimum Gasteiger partial charge on any atom is -0.356 e. The minimum atomic E-state index is 0.0482. The van der Waals surface area contributed by atoms with Crippen LogP contribution in [0.15, 0.2) is 55.1 Å². The molecule has 4 heterocycles. The van der Waals surface area contributed by atoms with Crippen molar-refractivity contribution in [1.82, 2.24) is 19.4 Å². The number of rotatable bonds is 2. The van der Waals surface area contributed by atoms with Crippen LogP contribution in [0, 0.1) is 5.41 Å². The Bertz CT molecular complexity index is 1330. The molecule has 162 valence electrons. The van der Waals surface area contributed by atoms with Gasteiger partial charge in [0.25, 0.3) is 0 Å². The highest BCUT2D eigenvalue weighted by molar-refractivity contribution is 6.43. The van der Waals surface area contributed by atoms with Crippen molar-refractivity contribution in [3.63, 3.8) is 0 Å². The van der Waals surface area contributed by atoms with Gasteiger partial charge in [-0.2, -0.15) is 0 Å². The quantitative estimate of drug-likeness (QED) is 0.454. The van der Waals surface area contributed by atoms with Gasteiger partial charge in [0.2, 0.25) is 0 Å². The van der Waals surface area contributed by atoms with E-state index in [9.17, 15) is 0 Å². The average molecular weight is 465 g/mol. The molecule has 1 aliphatic heterocycles. The Hall–Kier alpha value is -2.67. The SMILES string of the molecule is N[C@@H]1c2cccnc2CC12CCN(c1cnc(-c3cccc(Cl)c3Cl)c3nccn13)CC2. The number of hydrogen-bond acceptors (Lipinski definition) is 5. The summed E-state index contributed by atoms with van der Waals surface area (Å²) in [5.41, 5.74) is 11.4. The maximum absolute atomic E-state index is 6.72. The Labute approximate surface area is 196 Å². The van der Waals surface area contributed by atoms with Crippen molar-refractivity contribution in [3.8, 4) is 11.3 Å². The number of nitrogens with zero attached hydrogens (tertiary/aromatic N) is 5. The summed E-state index contributed by atoms with van der Waals surface area (Å²) in [6.45, 7) is 1.82. The maximum atomic E-state index is 6.72. The van der Waals surface area contributed by atoms with Crippen molar-refractivity contribution in [1.29, 1.82) is 0 Å². The molecule has 0 unspecified atom stereocenters. The Morgan fingerprint density at radius 2 is 1.84 bits per heavy atom. The van der Waals surface area contributed by atoms with Crippen LogP contribution in [0.4, 0.5) is 5.82 Å². The van der Waals surface area contributed by atoms with Crippen LogP contribution in [-0.2, 0) is 6.42 Å². The summed E-state index contributed by atoms with van der Waals surface area (Å²) in [7, 11) is 0. The van der Waals surface area contributed by atoms with E-state index in [0.29, 0.717) is 10.0 Å². The zero-order chi connectivity index (χ0) is 21.9. The largest absolute Gasteiger partial charge is 0.356 e. The van der Waals surface area contributed by atoms with Gasteiger partial charge < -0.3 is 10.6 Å². The van der Waals surface area contributed by atoms with E-state index in [1.165, 1.54) is 5.56 Å². The highest BCUT2D eigenvalue weighted by Crippen LogP contribution is 2.50. The molecule has 6 nitrogen and oxygen atoms in total. The molecule has 1 fully saturated rings. The van der Waals surface area contributed by atoms with E-state index in [0.717, 1.165) is 60.8 Å². The van der Waals surface area contributed by atoms with Gasteiger partial charge in [-0.25, -0.2) is 9.97 Å². The number of hydrogen-bond donors (Lipinski definition) is 1. The molecule has 2 aliphatic rings. The molecule has 32 heavy (non-hydrogen) atoms. The van der Waals surface area contributed by atoms with Crippen molar-refractivity contribution in [2.24, 2.45) is 11.1 Å². The first-order valence-electron chi connectivity index (χ1n) is 10.8. The molecule has 1 aliphatic carbocycles. The molecule has 1 saturated heterocycles. The molecular formula is C24H22Cl2N6. The maximum Gasteiger partial charge on any atom is 0.165 e. The van der Waals surface area contributed by atoms with E-state index in [4.69, 9.17) is 33.9 Å². The molecule has 0 radical (unpaired) electrons. The Morgan fingerprint density at radius 1 is 1.00 bits per heavy atom. The van der Waals surface area contributed by atoms with Crippen molar-refractivity contribution in [2.75, 3.05) is 18.0 Å². The van der Waals surface area contributed by atoms with E-state index in [1.54, 1.807) is 12.3 Å². The molecular weight excluding hydrogens is 443 g/mol. The first kappa shape index (κ1) is 20.0. The highest BCUT2D eigenvalue weighted by Gasteiger charge is 2.46. The Kier molecular flexibility index (Phi) is 4.64. The van der Waals surface area contributed by atoms with E-state index >= 15 is 0 Å². The fourth-order valence-electron chi connectivity index (χ4n) is 5.34. The first-order chi connectivity index (χ1) is 15.6. The molecule has 6 rings (SSSR count). The van der Waals surface area contributed by atoms with Gasteiger partial charge in [0.05, 0.1) is 16.2 Å². The van der Waals surface area contributed by atoms with Gasteiger partial charge in [-0.1, -0.05) is 41.4 Å². The van der Waals surface area contributed by atoms with Crippen LogP contribution >= 0.6 is 23.2 Å². The third kappa shape index (κ3) is 2.94. The van der Waals surface area contributed by atoms with Crippen LogP contribution in [0.3, 0.4) is 0 Å². The zero-order valence-corrected chi connectivity index (χ0v) is 18.9. The van der Waals surface area contributed by atoms with Crippen molar-refractivity contribution >= 4 is 34.7 Å². The van der Waals surface area contributed by atoms with Crippen LogP contribution in [0.5, 0.6) is 0 Å². The number of piperidine rings is 1. The summed E-state index contributed by atoms with van der Waals surface area (Å²) in [6.07, 6.45) is 10.5. The van der Waals surface area contributed by atoms with Crippen LogP contribution in [-0.4, -0.2) is 32.4 Å². The lowest BCUT2D eigenvalue weighted by Gasteiger charge is -2.42. The Morgan fingerprint density at radius 3 is 2.66 bits per heavy atom. The van der Waals surface area contributed by atoms with Crippen molar-refractivity contribution in [3.05, 3.63) is 76.4 Å². The topological polar surface area (TPSA) is 72.3 Å². The lowest BCUT2D eigenvalue weighted by atomic mass is 9.73. The molecule has 2 N–H and O–H groups in total. The number of pyridine rings is 1. The molecule has 1 atom stereocenters. The summed E-state index contributed by atoms with van der Waals surface area (Å²) in [6, 6.07) is 9.74. The number of benzene rings is 1. The molecule has 8 heteroatoms. The second kappa shape index (κ2) is 7.44. The fourth-order valence-corrected chi connectivity index (χ4v) is 5.73. The van der Waals surface area contributed by atoms with Gasteiger partial charge in [0.1, 0.15) is 11.5 Å². The van der Waals surface area contributed by atoms with E-state index in [-0.39, 0.29) is 11.5 Å². The predicted octanol–water partition coefficient (Wildman–Crippen LogP) is 4.94. The van der Waals surface area contributed by atoms with Gasteiger partial charge >= 0.3 is 0 Å². The third-order valence-electron chi connectivity index (χ3n) is 7.14. The van der Waals surface area contributed by atoms with Crippen LogP contribution in [0.2, 0.25) is 10.0 Å². The lowest BCUT2D eigenvalue weighted by Crippen LogP contribution is -2.44. The zero-order valence-electron chi connectivity index (χ0n) is 17.4. The van der Waals surface area contributed by atoms with E-state index in [2.05, 4.69) is 25.3 Å². The lowest BCUT2D eigenvalue weighted by molar-refractivity contribution is 0.186. The average Bonchev–Trinajstić information content (AvgIpc) is 3.40. The number of aromatic nitrogens is 4. The third-order valence-corrected chi connectivity index (χ3v) is 7.96. The highest BCUT2D eigenvalue weighted by atomic mass is 35.5. The van der Waals surface area contributed by atoms with Gasteiger partial charge in [0, 0.05) is 49.0 Å². The van der Waals surface area contributed by atoms with Crippen molar-refractivity contribution in [2.45, 2.75) is 25.3 Å². The van der Waals surface area contributed by atoms with E-state index in [1.807, 2.05) is 36.8 Å². The van der Waals surface area contributed by atoms with Crippen LogP contribution < -0.4 is 10.6 Å². The number of fused-ring (bicyclic) bond motifs is 2. The van der Waals surface area contributed by atoms with Crippen molar-refractivity contribution < 1.29 is 0 Å². The first-order valence-corrected chi connectivity index (χ1v) is 11.5. The second-order valence-corrected chi connectivity index (χ2v) is 9.52. The van der Waals surface area contributed by atoms with Gasteiger partial charge in [-0.3, -0.25) is 9.38 Å². The molecule has 0 saturated carbocycles. The molecule has 4 aromatic rings. The number of nitrogens with two attached hydrogens (primary N) is 1. The van der Waals surface area contributed by atoms with Gasteiger partial charge in [0.15, 0.2) is 5.65 Å². The molecule has 0 amide bonds. The fraction of sp³-hybridized carbons (Fsp3) is 0.292. The summed E-state index contributed by atoms with van der Waals surface area (Å²) >= 11 is 12.7. The number of halogens is 2. The van der Waals surface area contributed by atoms with Gasteiger partial charge in [-0.15, -0.1) is 0 Å². The predicted molar refractivity (Wildman–Crippen MR) is 127 cm³/mol. The summed E-state index contributed by atoms with van der Waals surface area (Å²) in [4.78, 5) is 16.3. The second-order valence-electron chi connectivity index (χ2n) is 8.73. The standard InChI is InChI=1S/C24H22Cl2N6/c25-17-5-1-3-16(20(17)26)21-23-29-9-12-32(23)19(14-30-21)31-10-6-24(7-11-31)13-18-15(22(24)27)4-2-8-28-18/h1-5,8-9,12,14,22H,6-7,10-11,13,27H2/t22-/m1/s1. The van der Waals surface area contributed by atoms with Crippen LogP contribution in [0.1, 0.15) is 30.1 Å². The van der Waals surface area contributed by atoms with E-state index < -0.39 is 0 Å². The molecule has 1 spiro atoms. The molecule has 3 aromatic heterocycles. The molecule has 1 aromatic carbocycles.